The molecule has 0 bridgehead atoms. The van der Waals surface area contributed by atoms with Gasteiger partial charge in [0.05, 0.1) is 24.6 Å². The third-order valence-electron chi connectivity index (χ3n) is 4.78. The summed E-state index contributed by atoms with van der Waals surface area (Å²) in [7, 11) is 0. The SMILES string of the molecule is Cc1ccccc1/C=N\n1c(-c2ccc(F)cc2)csc1=NC[C@@H]1CCCO1. The van der Waals surface area contributed by atoms with Crippen LogP contribution in [0.25, 0.3) is 11.3 Å². The summed E-state index contributed by atoms with van der Waals surface area (Å²) in [5.41, 5.74) is 4.00. The highest BCUT2D eigenvalue weighted by Gasteiger charge is 2.15. The first-order valence-corrected chi connectivity index (χ1v) is 10.3. The van der Waals surface area contributed by atoms with Crippen LogP contribution in [0.3, 0.4) is 0 Å². The van der Waals surface area contributed by atoms with E-state index in [4.69, 9.17) is 14.8 Å². The Morgan fingerprint density at radius 1 is 1.21 bits per heavy atom. The summed E-state index contributed by atoms with van der Waals surface area (Å²) < 4.78 is 20.9. The molecule has 4 nitrogen and oxygen atoms in total. The lowest BCUT2D eigenvalue weighted by atomic mass is 10.1. The lowest BCUT2D eigenvalue weighted by molar-refractivity contribution is 0.117. The zero-order chi connectivity index (χ0) is 19.3. The van der Waals surface area contributed by atoms with Crippen molar-refractivity contribution in [1.29, 1.82) is 0 Å². The van der Waals surface area contributed by atoms with Crippen LogP contribution in [-0.4, -0.2) is 30.1 Å². The molecule has 0 amide bonds. The topological polar surface area (TPSA) is 38.9 Å². The Morgan fingerprint density at radius 3 is 2.79 bits per heavy atom. The number of aryl methyl sites for hydroxylation is 1. The van der Waals surface area contributed by atoms with E-state index in [0.717, 1.165) is 46.6 Å². The Morgan fingerprint density at radius 2 is 2.04 bits per heavy atom. The molecule has 0 N–H and O–H groups in total. The highest BCUT2D eigenvalue weighted by molar-refractivity contribution is 7.07. The average molecular weight is 396 g/mol. The summed E-state index contributed by atoms with van der Waals surface area (Å²) in [5, 5.41) is 6.73. The van der Waals surface area contributed by atoms with Gasteiger partial charge in [0, 0.05) is 17.6 Å². The summed E-state index contributed by atoms with van der Waals surface area (Å²) >= 11 is 1.53. The number of benzene rings is 2. The van der Waals surface area contributed by atoms with E-state index in [9.17, 15) is 4.39 Å². The number of thiazole rings is 1. The van der Waals surface area contributed by atoms with Crippen LogP contribution in [-0.2, 0) is 4.74 Å². The molecule has 0 saturated carbocycles. The predicted octanol–water partition coefficient (Wildman–Crippen LogP) is 4.63. The molecule has 1 atom stereocenters. The highest BCUT2D eigenvalue weighted by atomic mass is 32.1. The molecule has 1 aromatic heterocycles. The molecular formula is C22H22FN3OS. The molecule has 28 heavy (non-hydrogen) atoms. The van der Waals surface area contributed by atoms with Crippen LogP contribution in [0, 0.1) is 12.7 Å². The monoisotopic (exact) mass is 395 g/mol. The van der Waals surface area contributed by atoms with Gasteiger partial charge in [0.15, 0.2) is 0 Å². The molecule has 1 aliphatic rings. The van der Waals surface area contributed by atoms with Crippen molar-refractivity contribution in [3.63, 3.8) is 0 Å². The minimum atomic E-state index is -0.253. The third kappa shape index (κ3) is 4.29. The summed E-state index contributed by atoms with van der Waals surface area (Å²) in [4.78, 5) is 5.56. The van der Waals surface area contributed by atoms with Crippen LogP contribution in [0.5, 0.6) is 0 Å². The van der Waals surface area contributed by atoms with Gasteiger partial charge in [0.25, 0.3) is 0 Å². The molecule has 2 aromatic carbocycles. The van der Waals surface area contributed by atoms with E-state index in [2.05, 4.69) is 13.0 Å². The van der Waals surface area contributed by atoms with E-state index >= 15 is 0 Å². The molecule has 0 unspecified atom stereocenters. The van der Waals surface area contributed by atoms with E-state index in [-0.39, 0.29) is 11.9 Å². The number of ether oxygens (including phenoxy) is 1. The standard InChI is InChI=1S/C22H22FN3OS/c1-16-5-2-3-6-18(16)13-25-26-21(17-8-10-19(23)11-9-17)15-28-22(26)24-14-20-7-4-12-27-20/h2-3,5-6,8-11,13,15,20H,4,7,12,14H2,1H3/b24-22?,25-13-/t20-/m0/s1. The van der Waals surface area contributed by atoms with Gasteiger partial charge in [0.1, 0.15) is 5.82 Å². The van der Waals surface area contributed by atoms with Crippen LogP contribution >= 0.6 is 11.3 Å². The number of aromatic nitrogens is 1. The van der Waals surface area contributed by atoms with Crippen LogP contribution in [0.15, 0.2) is 64.0 Å². The van der Waals surface area contributed by atoms with Crippen LogP contribution in [0.2, 0.25) is 0 Å². The van der Waals surface area contributed by atoms with Crippen LogP contribution < -0.4 is 4.80 Å². The van der Waals surface area contributed by atoms with E-state index < -0.39 is 0 Å². The van der Waals surface area contributed by atoms with Gasteiger partial charge in [-0.3, -0.25) is 4.99 Å². The number of hydrogen-bond donors (Lipinski definition) is 0. The third-order valence-corrected chi connectivity index (χ3v) is 5.63. The van der Waals surface area contributed by atoms with E-state index in [0.29, 0.717) is 6.54 Å². The second-order valence-electron chi connectivity index (χ2n) is 6.80. The van der Waals surface area contributed by atoms with Gasteiger partial charge in [-0.05, 0) is 55.2 Å². The van der Waals surface area contributed by atoms with Crippen molar-refractivity contribution in [2.45, 2.75) is 25.9 Å². The highest BCUT2D eigenvalue weighted by Crippen LogP contribution is 2.21. The molecule has 6 heteroatoms. The lowest BCUT2D eigenvalue weighted by Crippen LogP contribution is -2.17. The van der Waals surface area contributed by atoms with Crippen molar-refractivity contribution in [1.82, 2.24) is 4.68 Å². The van der Waals surface area contributed by atoms with Crippen molar-refractivity contribution in [2.24, 2.45) is 10.1 Å². The second-order valence-corrected chi connectivity index (χ2v) is 7.64. The molecule has 1 aliphatic heterocycles. The Labute approximate surface area is 167 Å². The molecule has 0 radical (unpaired) electrons. The van der Waals surface area contributed by atoms with Crippen molar-refractivity contribution >= 4 is 17.6 Å². The Balaban J connectivity index is 1.73. The van der Waals surface area contributed by atoms with Crippen molar-refractivity contribution in [2.75, 3.05) is 13.2 Å². The molecular weight excluding hydrogens is 373 g/mol. The number of nitrogens with zero attached hydrogens (tertiary/aromatic N) is 3. The zero-order valence-electron chi connectivity index (χ0n) is 15.7. The fourth-order valence-corrected chi connectivity index (χ4v) is 4.01. The molecule has 3 aromatic rings. The normalized spacial score (nSPS) is 17.6. The number of hydrogen-bond acceptors (Lipinski definition) is 4. The smallest absolute Gasteiger partial charge is 0.206 e. The van der Waals surface area contributed by atoms with Gasteiger partial charge in [-0.15, -0.1) is 11.3 Å². The van der Waals surface area contributed by atoms with Crippen LogP contribution in [0.1, 0.15) is 24.0 Å². The molecule has 1 fully saturated rings. The van der Waals surface area contributed by atoms with E-state index in [1.54, 1.807) is 12.1 Å². The number of halogens is 1. The molecule has 2 heterocycles. The minimum absolute atomic E-state index is 0.185. The summed E-state index contributed by atoms with van der Waals surface area (Å²) in [6.45, 7) is 3.50. The van der Waals surface area contributed by atoms with Gasteiger partial charge >= 0.3 is 0 Å². The van der Waals surface area contributed by atoms with Gasteiger partial charge in [0.2, 0.25) is 4.80 Å². The van der Waals surface area contributed by atoms with Crippen LogP contribution in [0.4, 0.5) is 4.39 Å². The average Bonchev–Trinajstić information content (AvgIpc) is 3.36. The van der Waals surface area contributed by atoms with Gasteiger partial charge in [-0.25, -0.2) is 9.07 Å². The van der Waals surface area contributed by atoms with Crippen molar-refractivity contribution < 1.29 is 9.13 Å². The van der Waals surface area contributed by atoms with Crippen molar-refractivity contribution in [3.8, 4) is 11.3 Å². The summed E-state index contributed by atoms with van der Waals surface area (Å²) in [6.07, 6.45) is 4.17. The van der Waals surface area contributed by atoms with E-state index in [1.165, 1.54) is 23.5 Å². The van der Waals surface area contributed by atoms with Gasteiger partial charge in [-0.1, -0.05) is 24.3 Å². The molecule has 0 spiro atoms. The fraction of sp³-hybridized carbons (Fsp3) is 0.273. The molecule has 1 saturated heterocycles. The first kappa shape index (κ1) is 18.8. The zero-order valence-corrected chi connectivity index (χ0v) is 16.5. The first-order chi connectivity index (χ1) is 13.7. The Kier molecular flexibility index (Phi) is 5.78. The molecule has 4 rings (SSSR count). The quantitative estimate of drug-likeness (QED) is 0.581. The maximum atomic E-state index is 13.3. The molecule has 144 valence electrons. The Bertz CT molecular complexity index is 1030. The van der Waals surface area contributed by atoms with Crippen molar-refractivity contribution in [3.05, 3.63) is 75.7 Å². The summed E-state index contributed by atoms with van der Waals surface area (Å²) in [5.74, 6) is -0.253. The largest absolute Gasteiger partial charge is 0.376 e. The van der Waals surface area contributed by atoms with Gasteiger partial charge in [-0.2, -0.15) is 5.10 Å². The predicted molar refractivity (Wildman–Crippen MR) is 111 cm³/mol. The maximum absolute atomic E-state index is 13.3. The molecule has 0 aliphatic carbocycles. The van der Waals surface area contributed by atoms with Gasteiger partial charge < -0.3 is 4.74 Å². The first-order valence-electron chi connectivity index (χ1n) is 9.39. The second kappa shape index (κ2) is 8.63. The Hall–Kier alpha value is -2.57. The summed E-state index contributed by atoms with van der Waals surface area (Å²) in [6, 6.07) is 14.6. The lowest BCUT2D eigenvalue weighted by Gasteiger charge is -2.06. The number of rotatable bonds is 5. The maximum Gasteiger partial charge on any atom is 0.206 e. The fourth-order valence-electron chi connectivity index (χ4n) is 3.16. The van der Waals surface area contributed by atoms with E-state index in [1.807, 2.05) is 34.5 Å². The minimum Gasteiger partial charge on any atom is -0.376 e.